The second kappa shape index (κ2) is 15.9. The van der Waals surface area contributed by atoms with E-state index in [1.807, 2.05) is 0 Å². The molecular formula is C4H7CoO3-. The molecule has 0 fully saturated rings. The van der Waals surface area contributed by atoms with Crippen molar-refractivity contribution in [3.05, 3.63) is 0 Å². The molecule has 3 nitrogen and oxygen atoms in total. The van der Waals surface area contributed by atoms with Crippen LogP contribution in [0.1, 0.15) is 13.8 Å². The van der Waals surface area contributed by atoms with Gasteiger partial charge in [-0.05, 0) is 0 Å². The van der Waals surface area contributed by atoms with Crippen LogP contribution in [0.25, 0.3) is 0 Å². The van der Waals surface area contributed by atoms with Crippen LogP contribution in [0.4, 0.5) is 0 Å². The van der Waals surface area contributed by atoms with Crippen molar-refractivity contribution in [2.24, 2.45) is 0 Å². The van der Waals surface area contributed by atoms with Gasteiger partial charge in [-0.1, -0.05) is 0 Å². The maximum absolute atomic E-state index is 9.00. The summed E-state index contributed by atoms with van der Waals surface area (Å²) in [5.41, 5.74) is 0. The van der Waals surface area contributed by atoms with E-state index in [9.17, 15) is 0 Å². The first-order valence-electron chi connectivity index (χ1n) is 1.63. The van der Waals surface area contributed by atoms with Crippen LogP contribution in [0.2, 0.25) is 0 Å². The molecule has 0 spiro atoms. The van der Waals surface area contributed by atoms with Gasteiger partial charge in [0.1, 0.15) is 0 Å². The van der Waals surface area contributed by atoms with Gasteiger partial charge >= 0.3 is 0 Å². The zero-order chi connectivity index (χ0) is 6.28. The Bertz CT molecular complexity index is 58.3. The van der Waals surface area contributed by atoms with E-state index in [0.717, 1.165) is 6.92 Å². The number of rotatable bonds is 0. The summed E-state index contributed by atoms with van der Waals surface area (Å²) in [5.74, 6) is -0.833. The van der Waals surface area contributed by atoms with E-state index in [4.69, 9.17) is 14.7 Å². The Balaban J connectivity index is -0.0000000575. The summed E-state index contributed by atoms with van der Waals surface area (Å²) < 4.78 is 0. The number of carboxylic acids is 1. The number of carboxylic acid groups (broad SMARTS) is 1. The minimum Gasteiger partial charge on any atom is -0.542 e. The van der Waals surface area contributed by atoms with Gasteiger partial charge in [0.15, 0.2) is 0 Å². The molecule has 4 heteroatoms. The molecule has 0 aliphatic heterocycles. The van der Waals surface area contributed by atoms with E-state index in [2.05, 4.69) is 0 Å². The summed E-state index contributed by atoms with van der Waals surface area (Å²) in [6, 6.07) is 0. The smallest absolute Gasteiger partial charge is 0.300 e. The van der Waals surface area contributed by atoms with E-state index in [1.165, 1.54) is 13.2 Å². The van der Waals surface area contributed by atoms with Gasteiger partial charge in [-0.3, -0.25) is 11.1 Å². The first-order valence-corrected chi connectivity index (χ1v) is 1.63. The largest absolute Gasteiger partial charge is 0.542 e. The molecule has 0 saturated carbocycles. The third-order valence-corrected chi connectivity index (χ3v) is 0. The van der Waals surface area contributed by atoms with Gasteiger partial charge in [0, 0.05) is 23.7 Å². The van der Waals surface area contributed by atoms with Gasteiger partial charge in [-0.2, -0.15) is 6.92 Å². The number of hydrogen-bond acceptors (Lipinski definition) is 2. The maximum atomic E-state index is 9.00. The molecule has 0 aliphatic rings. The van der Waals surface area contributed by atoms with Crippen molar-refractivity contribution >= 4 is 12.3 Å². The molecule has 8 heavy (non-hydrogen) atoms. The van der Waals surface area contributed by atoms with Crippen molar-refractivity contribution in [2.75, 3.05) is 0 Å². The molecule has 0 bridgehead atoms. The van der Waals surface area contributed by atoms with Gasteiger partial charge in [0.25, 0.3) is 5.97 Å². The van der Waals surface area contributed by atoms with Gasteiger partial charge in [0.2, 0.25) is 0 Å². The molecule has 0 aromatic heterocycles. The molecule has 0 aromatic carbocycles. The normalized spacial score (nSPS) is 4.75. The van der Waals surface area contributed by atoms with Gasteiger partial charge in [0.05, 0.1) is 0 Å². The van der Waals surface area contributed by atoms with Crippen molar-refractivity contribution in [3.8, 4) is 0 Å². The van der Waals surface area contributed by atoms with Gasteiger partial charge < -0.3 is 9.90 Å². The predicted octanol–water partition coefficient (Wildman–Crippen LogP) is 0.204. The first-order chi connectivity index (χ1) is 3.15. The molecule has 0 amide bonds. The molecule has 0 rings (SSSR count). The maximum Gasteiger partial charge on any atom is 0.300 e. The third-order valence-electron chi connectivity index (χ3n) is 0. The quantitative estimate of drug-likeness (QED) is 0.517. The van der Waals surface area contributed by atoms with E-state index in [0.29, 0.717) is 0 Å². The SMILES string of the molecule is CC(=O)O.C[C-]=O.[Co]. The Morgan fingerprint density at radius 2 is 1.62 bits per heavy atom. The fourth-order valence-electron chi connectivity index (χ4n) is 0. The zero-order valence-electron chi connectivity index (χ0n) is 4.60. The van der Waals surface area contributed by atoms with Crippen molar-refractivity contribution in [1.29, 1.82) is 0 Å². The Kier molecular flexibility index (Phi) is 31.2. The van der Waals surface area contributed by atoms with Crippen LogP contribution in [0.15, 0.2) is 0 Å². The van der Waals surface area contributed by atoms with Crippen LogP contribution in [-0.2, 0) is 26.4 Å². The van der Waals surface area contributed by atoms with Crippen LogP contribution in [0.3, 0.4) is 0 Å². The molecule has 1 radical (unpaired) electrons. The summed E-state index contributed by atoms with van der Waals surface area (Å²) in [4.78, 5) is 17.7. The Hall–Kier alpha value is -0.354. The first kappa shape index (κ1) is 15.6. The van der Waals surface area contributed by atoms with Gasteiger partial charge in [-0.15, -0.1) is 0 Å². The molecular weight excluding hydrogens is 155 g/mol. The molecule has 51 valence electrons. The molecule has 0 heterocycles. The van der Waals surface area contributed by atoms with E-state index >= 15 is 0 Å². The Morgan fingerprint density at radius 3 is 1.62 bits per heavy atom. The molecule has 1 N–H and O–H groups in total. The third kappa shape index (κ3) is 976. The number of hydrogen-bond donors (Lipinski definition) is 1. The van der Waals surface area contributed by atoms with Crippen LogP contribution < -0.4 is 0 Å². The Morgan fingerprint density at radius 1 is 1.62 bits per heavy atom. The number of carbonyl (C=O) groups excluding carboxylic acids is 1. The minimum atomic E-state index is -0.833. The minimum absolute atomic E-state index is 0. The summed E-state index contributed by atoms with van der Waals surface area (Å²) in [6.07, 6.45) is 1.50. The van der Waals surface area contributed by atoms with Crippen molar-refractivity contribution in [1.82, 2.24) is 0 Å². The van der Waals surface area contributed by atoms with Crippen molar-refractivity contribution in [3.63, 3.8) is 0 Å². The van der Waals surface area contributed by atoms with Crippen LogP contribution in [-0.4, -0.2) is 17.4 Å². The Labute approximate surface area is 58.3 Å². The van der Waals surface area contributed by atoms with E-state index < -0.39 is 5.97 Å². The molecule has 0 atom stereocenters. The standard InChI is InChI=1S/C2H4O2.C2H3O.Co/c1-2(3)4;1-2-3;/h1H3,(H,3,4);1H3;/q;-1;. The number of carbonyl (C=O) groups is 1. The summed E-state index contributed by atoms with van der Waals surface area (Å²) in [6.45, 7) is 2.40. The summed E-state index contributed by atoms with van der Waals surface area (Å²) >= 11 is 0. The topological polar surface area (TPSA) is 54.4 Å². The molecule has 0 aliphatic carbocycles. The average Bonchev–Trinajstić information content (AvgIpc) is 1.33. The van der Waals surface area contributed by atoms with Crippen molar-refractivity contribution < 1.29 is 31.5 Å². The predicted molar refractivity (Wildman–Crippen MR) is 24.7 cm³/mol. The van der Waals surface area contributed by atoms with Crippen LogP contribution in [0, 0.1) is 0 Å². The second-order valence-electron chi connectivity index (χ2n) is 0.723. The molecule has 0 unspecified atom stereocenters. The fraction of sp³-hybridized carbons (Fsp3) is 0.500. The van der Waals surface area contributed by atoms with Gasteiger partial charge in [-0.25, -0.2) is 0 Å². The van der Waals surface area contributed by atoms with Crippen LogP contribution >= 0.6 is 0 Å². The van der Waals surface area contributed by atoms with Crippen molar-refractivity contribution in [2.45, 2.75) is 13.8 Å². The second-order valence-corrected chi connectivity index (χ2v) is 0.723. The van der Waals surface area contributed by atoms with Crippen LogP contribution in [0.5, 0.6) is 0 Å². The van der Waals surface area contributed by atoms with E-state index in [-0.39, 0.29) is 16.8 Å². The number of aliphatic carboxylic acids is 1. The summed E-state index contributed by atoms with van der Waals surface area (Å²) in [7, 11) is 0. The van der Waals surface area contributed by atoms with E-state index in [1.54, 1.807) is 0 Å². The summed E-state index contributed by atoms with van der Waals surface area (Å²) in [5, 5.41) is 7.42. The fourth-order valence-corrected chi connectivity index (χ4v) is 0. The monoisotopic (exact) mass is 162 g/mol. The average molecular weight is 162 g/mol. The molecule has 0 saturated heterocycles. The zero-order valence-corrected chi connectivity index (χ0v) is 5.64. The molecule has 0 aromatic rings.